The molecule has 1 aliphatic rings. The van der Waals surface area contributed by atoms with E-state index in [9.17, 15) is 14.0 Å². The van der Waals surface area contributed by atoms with Crippen LogP contribution in [-0.2, 0) is 16.1 Å². The molecule has 2 N–H and O–H groups in total. The minimum absolute atomic E-state index is 0.0242. The van der Waals surface area contributed by atoms with Gasteiger partial charge in [-0.3, -0.25) is 9.59 Å². The van der Waals surface area contributed by atoms with Gasteiger partial charge in [-0.25, -0.2) is 4.39 Å². The largest absolute Gasteiger partial charge is 0.493 e. The minimum Gasteiger partial charge on any atom is -0.493 e. The molecule has 2 aromatic rings. The first-order chi connectivity index (χ1) is 12.5. The molecule has 0 aliphatic carbocycles. The first kappa shape index (κ1) is 17.7. The molecule has 136 valence electrons. The number of rotatable bonds is 5. The maximum absolute atomic E-state index is 13.4. The third-order valence-corrected chi connectivity index (χ3v) is 4.29. The van der Waals surface area contributed by atoms with Crippen molar-refractivity contribution in [1.82, 2.24) is 5.32 Å². The molecule has 26 heavy (non-hydrogen) atoms. The Labute approximate surface area is 150 Å². The van der Waals surface area contributed by atoms with E-state index in [1.165, 1.54) is 25.3 Å². The second kappa shape index (κ2) is 7.43. The van der Waals surface area contributed by atoms with E-state index in [1.54, 1.807) is 19.2 Å². The molecule has 0 fully saturated rings. The summed E-state index contributed by atoms with van der Waals surface area (Å²) in [5.74, 6) is -0.550. The molecule has 2 aromatic carbocycles. The van der Waals surface area contributed by atoms with Crippen molar-refractivity contribution in [2.75, 3.05) is 19.5 Å². The molecular weight excluding hydrogens is 339 g/mol. The highest BCUT2D eigenvalue weighted by Crippen LogP contribution is 2.33. The fourth-order valence-corrected chi connectivity index (χ4v) is 2.97. The van der Waals surface area contributed by atoms with Gasteiger partial charge in [0.15, 0.2) is 11.5 Å². The third-order valence-electron chi connectivity index (χ3n) is 4.29. The van der Waals surface area contributed by atoms with E-state index in [0.29, 0.717) is 22.7 Å². The first-order valence-electron chi connectivity index (χ1n) is 8.09. The van der Waals surface area contributed by atoms with Crippen molar-refractivity contribution in [2.24, 2.45) is 0 Å². The van der Waals surface area contributed by atoms with Gasteiger partial charge in [0.05, 0.1) is 20.1 Å². The SMILES string of the molecule is COc1ccc(CNC(=O)C2CC(=O)Nc3cc(F)ccc32)cc1OC. The van der Waals surface area contributed by atoms with E-state index >= 15 is 0 Å². The van der Waals surface area contributed by atoms with Crippen molar-refractivity contribution in [1.29, 1.82) is 0 Å². The molecule has 1 heterocycles. The molecule has 3 rings (SSSR count). The Morgan fingerprint density at radius 1 is 1.19 bits per heavy atom. The summed E-state index contributed by atoms with van der Waals surface area (Å²) in [7, 11) is 3.09. The summed E-state index contributed by atoms with van der Waals surface area (Å²) in [5.41, 5.74) is 1.78. The van der Waals surface area contributed by atoms with Crippen LogP contribution in [0.15, 0.2) is 36.4 Å². The fraction of sp³-hybridized carbons (Fsp3) is 0.263. The highest BCUT2D eigenvalue weighted by Gasteiger charge is 2.30. The number of hydrogen-bond donors (Lipinski definition) is 2. The summed E-state index contributed by atoms with van der Waals surface area (Å²) in [6.07, 6.45) is 0.0242. The topological polar surface area (TPSA) is 76.7 Å². The summed E-state index contributed by atoms with van der Waals surface area (Å²) >= 11 is 0. The zero-order valence-electron chi connectivity index (χ0n) is 14.5. The Hall–Kier alpha value is -3.09. The normalized spacial score (nSPS) is 15.7. The van der Waals surface area contributed by atoms with Crippen molar-refractivity contribution in [3.8, 4) is 11.5 Å². The van der Waals surface area contributed by atoms with Crippen LogP contribution in [0.25, 0.3) is 0 Å². The molecule has 1 aliphatic heterocycles. The molecule has 1 atom stereocenters. The second-order valence-corrected chi connectivity index (χ2v) is 5.94. The van der Waals surface area contributed by atoms with Crippen LogP contribution in [0.2, 0.25) is 0 Å². The summed E-state index contributed by atoms with van der Waals surface area (Å²) in [6, 6.07) is 9.39. The standard InChI is InChI=1S/C19H19FN2O4/c1-25-16-6-3-11(7-17(16)26-2)10-21-19(24)14-9-18(23)22-15-8-12(20)4-5-13(14)15/h3-8,14H,9-10H2,1-2H3,(H,21,24)(H,22,23). The molecule has 0 bridgehead atoms. The quantitative estimate of drug-likeness (QED) is 0.861. The van der Waals surface area contributed by atoms with Crippen molar-refractivity contribution in [3.05, 3.63) is 53.3 Å². The highest BCUT2D eigenvalue weighted by molar-refractivity contribution is 6.01. The third kappa shape index (κ3) is 3.61. The van der Waals surface area contributed by atoms with Gasteiger partial charge in [-0.2, -0.15) is 0 Å². The molecule has 7 heteroatoms. The maximum Gasteiger partial charge on any atom is 0.228 e. The summed E-state index contributed by atoms with van der Waals surface area (Å²) < 4.78 is 23.8. The molecule has 1 unspecified atom stereocenters. The Morgan fingerprint density at radius 3 is 2.69 bits per heavy atom. The van der Waals surface area contributed by atoms with Crippen molar-refractivity contribution < 1.29 is 23.5 Å². The predicted octanol–water partition coefficient (Wildman–Crippen LogP) is 2.59. The van der Waals surface area contributed by atoms with E-state index < -0.39 is 11.7 Å². The summed E-state index contributed by atoms with van der Waals surface area (Å²) in [5, 5.41) is 5.42. The van der Waals surface area contributed by atoms with Crippen LogP contribution in [0.4, 0.5) is 10.1 Å². The molecule has 6 nitrogen and oxygen atoms in total. The highest BCUT2D eigenvalue weighted by atomic mass is 19.1. The van der Waals surface area contributed by atoms with Crippen LogP contribution in [0, 0.1) is 5.82 Å². The maximum atomic E-state index is 13.4. The van der Waals surface area contributed by atoms with Gasteiger partial charge >= 0.3 is 0 Å². The van der Waals surface area contributed by atoms with Gasteiger partial charge in [0, 0.05) is 18.7 Å². The number of hydrogen-bond acceptors (Lipinski definition) is 4. The van der Waals surface area contributed by atoms with Gasteiger partial charge < -0.3 is 20.1 Å². The predicted molar refractivity (Wildman–Crippen MR) is 93.8 cm³/mol. The Kier molecular flexibility index (Phi) is 5.06. The van der Waals surface area contributed by atoms with Gasteiger partial charge in [-0.15, -0.1) is 0 Å². The molecule has 0 saturated carbocycles. The lowest BCUT2D eigenvalue weighted by atomic mass is 9.89. The molecular formula is C19H19FN2O4. The zero-order chi connectivity index (χ0) is 18.7. The number of carbonyl (C=O) groups is 2. The van der Waals surface area contributed by atoms with E-state index in [2.05, 4.69) is 10.6 Å². The molecule has 0 aromatic heterocycles. The lowest BCUT2D eigenvalue weighted by Gasteiger charge is -2.25. The van der Waals surface area contributed by atoms with Crippen LogP contribution >= 0.6 is 0 Å². The number of ether oxygens (including phenoxy) is 2. The number of halogens is 1. The van der Waals surface area contributed by atoms with Crippen LogP contribution in [0.5, 0.6) is 11.5 Å². The summed E-state index contributed by atoms with van der Waals surface area (Å²) in [6.45, 7) is 0.272. The van der Waals surface area contributed by atoms with Crippen LogP contribution < -0.4 is 20.1 Å². The van der Waals surface area contributed by atoms with Crippen LogP contribution in [0.1, 0.15) is 23.5 Å². The number of carbonyl (C=O) groups excluding carboxylic acids is 2. The number of benzene rings is 2. The number of amides is 2. The molecule has 2 amide bonds. The van der Waals surface area contributed by atoms with Gasteiger partial charge in [0.2, 0.25) is 11.8 Å². The van der Waals surface area contributed by atoms with E-state index in [4.69, 9.17) is 9.47 Å². The van der Waals surface area contributed by atoms with Crippen molar-refractivity contribution in [3.63, 3.8) is 0 Å². The average Bonchev–Trinajstić information content (AvgIpc) is 2.64. The Morgan fingerprint density at radius 2 is 1.96 bits per heavy atom. The molecule has 0 saturated heterocycles. The van der Waals surface area contributed by atoms with Crippen LogP contribution in [0.3, 0.4) is 0 Å². The number of nitrogens with one attached hydrogen (secondary N) is 2. The molecule has 0 radical (unpaired) electrons. The first-order valence-corrected chi connectivity index (χ1v) is 8.09. The number of fused-ring (bicyclic) bond motifs is 1. The lowest BCUT2D eigenvalue weighted by molar-refractivity contribution is -0.126. The van der Waals surface area contributed by atoms with E-state index in [-0.39, 0.29) is 24.8 Å². The van der Waals surface area contributed by atoms with Gasteiger partial charge in [-0.1, -0.05) is 12.1 Å². The van der Waals surface area contributed by atoms with Gasteiger partial charge in [-0.05, 0) is 35.4 Å². The Bertz CT molecular complexity index is 853. The monoisotopic (exact) mass is 358 g/mol. The number of anilines is 1. The van der Waals surface area contributed by atoms with E-state index in [0.717, 1.165) is 5.56 Å². The fourth-order valence-electron chi connectivity index (χ4n) is 2.97. The zero-order valence-corrected chi connectivity index (χ0v) is 14.5. The Balaban J connectivity index is 1.74. The lowest BCUT2D eigenvalue weighted by Crippen LogP contribution is -2.34. The number of methoxy groups -OCH3 is 2. The summed E-state index contributed by atoms with van der Waals surface area (Å²) in [4.78, 5) is 24.4. The minimum atomic E-state index is -0.653. The van der Waals surface area contributed by atoms with E-state index in [1.807, 2.05) is 6.07 Å². The van der Waals surface area contributed by atoms with Gasteiger partial charge in [0.1, 0.15) is 5.82 Å². The average molecular weight is 358 g/mol. The second-order valence-electron chi connectivity index (χ2n) is 5.94. The van der Waals surface area contributed by atoms with Crippen molar-refractivity contribution in [2.45, 2.75) is 18.9 Å². The van der Waals surface area contributed by atoms with Gasteiger partial charge in [0.25, 0.3) is 0 Å². The van der Waals surface area contributed by atoms with Crippen molar-refractivity contribution >= 4 is 17.5 Å². The molecule has 0 spiro atoms. The smallest absolute Gasteiger partial charge is 0.228 e. The van der Waals surface area contributed by atoms with Crippen LogP contribution in [-0.4, -0.2) is 26.0 Å².